The number of nitrogens with one attached hydrogen (secondary N) is 1. The van der Waals surface area contributed by atoms with Gasteiger partial charge in [-0.25, -0.2) is 4.79 Å². The molecule has 0 radical (unpaired) electrons. The van der Waals surface area contributed by atoms with Crippen LogP contribution in [0.4, 0.5) is 0 Å². The van der Waals surface area contributed by atoms with Crippen LogP contribution >= 0.6 is 0 Å². The molecule has 1 aromatic rings. The van der Waals surface area contributed by atoms with Gasteiger partial charge in [-0.05, 0) is 44.7 Å². The number of methoxy groups -OCH3 is 1. The molecule has 1 fully saturated rings. The van der Waals surface area contributed by atoms with Crippen molar-refractivity contribution in [1.82, 2.24) is 5.32 Å². The van der Waals surface area contributed by atoms with Crippen LogP contribution in [0.3, 0.4) is 0 Å². The van der Waals surface area contributed by atoms with E-state index < -0.39 is 5.97 Å². The second kappa shape index (κ2) is 6.93. The maximum absolute atomic E-state index is 11.4. The number of furan rings is 1. The summed E-state index contributed by atoms with van der Waals surface area (Å²) in [5.41, 5.74) is 0. The van der Waals surface area contributed by atoms with Gasteiger partial charge in [-0.2, -0.15) is 0 Å². The van der Waals surface area contributed by atoms with Gasteiger partial charge in [-0.15, -0.1) is 0 Å². The summed E-state index contributed by atoms with van der Waals surface area (Å²) < 4.78 is 10.2. The number of ether oxygens (including phenoxy) is 1. The van der Waals surface area contributed by atoms with Gasteiger partial charge in [0.15, 0.2) is 0 Å². The topological polar surface area (TPSA) is 51.5 Å². The van der Waals surface area contributed by atoms with Crippen LogP contribution in [0.2, 0.25) is 0 Å². The predicted molar refractivity (Wildman–Crippen MR) is 77.6 cm³/mol. The molecule has 1 saturated carbocycles. The van der Waals surface area contributed by atoms with Crippen LogP contribution in [0.1, 0.15) is 68.3 Å². The molecule has 4 nitrogen and oxygen atoms in total. The van der Waals surface area contributed by atoms with Crippen molar-refractivity contribution in [2.45, 2.75) is 58.0 Å². The minimum Gasteiger partial charge on any atom is -0.463 e. The van der Waals surface area contributed by atoms with Gasteiger partial charge in [-0.3, -0.25) is 0 Å². The van der Waals surface area contributed by atoms with E-state index in [1.807, 2.05) is 6.07 Å². The Kier molecular flexibility index (Phi) is 5.24. The van der Waals surface area contributed by atoms with Gasteiger partial charge in [0.1, 0.15) is 5.76 Å². The number of hydrogen-bond donors (Lipinski definition) is 1. The first-order chi connectivity index (χ1) is 9.61. The van der Waals surface area contributed by atoms with Crippen molar-refractivity contribution in [2.75, 3.05) is 7.11 Å². The molecule has 1 unspecified atom stereocenters. The van der Waals surface area contributed by atoms with E-state index in [0.29, 0.717) is 6.04 Å². The second-order valence-corrected chi connectivity index (χ2v) is 5.77. The number of carbonyl (C=O) groups is 1. The molecule has 20 heavy (non-hydrogen) atoms. The highest BCUT2D eigenvalue weighted by atomic mass is 16.5. The Hall–Kier alpha value is -1.29. The number of esters is 1. The van der Waals surface area contributed by atoms with Crippen LogP contribution in [-0.2, 0) is 4.74 Å². The standard InChI is InChI=1S/C16H25NO3/c1-11(13-7-5-4-6-8-13)17-12(2)14-9-10-15(20-14)16(18)19-3/h9-13,17H,4-8H2,1-3H3/t11-,12?/m1/s1. The molecule has 112 valence electrons. The molecule has 1 aliphatic rings. The molecule has 1 N–H and O–H groups in total. The van der Waals surface area contributed by atoms with Crippen LogP contribution in [0, 0.1) is 5.92 Å². The molecule has 1 aliphatic carbocycles. The van der Waals surface area contributed by atoms with Crippen molar-refractivity contribution < 1.29 is 13.9 Å². The molecule has 2 atom stereocenters. The third-order valence-corrected chi connectivity index (χ3v) is 4.31. The molecular weight excluding hydrogens is 254 g/mol. The van der Waals surface area contributed by atoms with Gasteiger partial charge in [0, 0.05) is 6.04 Å². The van der Waals surface area contributed by atoms with E-state index in [-0.39, 0.29) is 11.8 Å². The molecule has 0 amide bonds. The fourth-order valence-electron chi connectivity index (χ4n) is 3.04. The first-order valence-electron chi connectivity index (χ1n) is 7.56. The number of carbonyl (C=O) groups excluding carboxylic acids is 1. The molecule has 0 saturated heterocycles. The highest BCUT2D eigenvalue weighted by Gasteiger charge is 2.23. The van der Waals surface area contributed by atoms with Gasteiger partial charge >= 0.3 is 5.97 Å². The summed E-state index contributed by atoms with van der Waals surface area (Å²) in [5, 5.41) is 3.59. The first-order valence-corrected chi connectivity index (χ1v) is 7.56. The summed E-state index contributed by atoms with van der Waals surface area (Å²) in [5.74, 6) is 1.37. The molecule has 4 heteroatoms. The van der Waals surface area contributed by atoms with Crippen molar-refractivity contribution >= 4 is 5.97 Å². The monoisotopic (exact) mass is 279 g/mol. The molecule has 2 rings (SSSR count). The summed E-state index contributed by atoms with van der Waals surface area (Å²) in [6.07, 6.45) is 6.69. The van der Waals surface area contributed by atoms with Gasteiger partial charge in [0.2, 0.25) is 5.76 Å². The summed E-state index contributed by atoms with van der Waals surface area (Å²) in [4.78, 5) is 11.4. The Balaban J connectivity index is 1.91. The van der Waals surface area contributed by atoms with Crippen LogP contribution in [-0.4, -0.2) is 19.1 Å². The first kappa shape index (κ1) is 15.1. The Morgan fingerprint density at radius 3 is 2.65 bits per heavy atom. The van der Waals surface area contributed by atoms with Crippen LogP contribution in [0.15, 0.2) is 16.5 Å². The molecule has 0 aromatic carbocycles. The smallest absolute Gasteiger partial charge is 0.373 e. The van der Waals surface area contributed by atoms with E-state index in [4.69, 9.17) is 4.42 Å². The minimum atomic E-state index is -0.427. The molecule has 0 bridgehead atoms. The quantitative estimate of drug-likeness (QED) is 0.835. The summed E-state index contributed by atoms with van der Waals surface area (Å²) in [6, 6.07) is 4.09. The summed E-state index contributed by atoms with van der Waals surface area (Å²) in [6.45, 7) is 4.32. The van der Waals surface area contributed by atoms with E-state index in [1.165, 1.54) is 39.2 Å². The fourth-order valence-corrected chi connectivity index (χ4v) is 3.04. The van der Waals surface area contributed by atoms with Crippen molar-refractivity contribution in [1.29, 1.82) is 0 Å². The van der Waals surface area contributed by atoms with E-state index >= 15 is 0 Å². The maximum atomic E-state index is 11.4. The zero-order valence-corrected chi connectivity index (χ0v) is 12.6. The zero-order chi connectivity index (χ0) is 14.5. The maximum Gasteiger partial charge on any atom is 0.373 e. The highest BCUT2D eigenvalue weighted by Crippen LogP contribution is 2.28. The molecular formula is C16H25NO3. The lowest BCUT2D eigenvalue weighted by Gasteiger charge is -2.30. The molecule has 1 heterocycles. The summed E-state index contributed by atoms with van der Waals surface area (Å²) in [7, 11) is 1.36. The zero-order valence-electron chi connectivity index (χ0n) is 12.6. The van der Waals surface area contributed by atoms with Crippen LogP contribution in [0.25, 0.3) is 0 Å². The van der Waals surface area contributed by atoms with E-state index in [1.54, 1.807) is 6.07 Å². The Labute approximate surface area is 120 Å². The lowest BCUT2D eigenvalue weighted by molar-refractivity contribution is 0.0562. The largest absolute Gasteiger partial charge is 0.463 e. The highest BCUT2D eigenvalue weighted by molar-refractivity contribution is 5.86. The van der Waals surface area contributed by atoms with Gasteiger partial charge in [0.05, 0.1) is 13.2 Å². The molecule has 1 aromatic heterocycles. The average molecular weight is 279 g/mol. The van der Waals surface area contributed by atoms with Crippen LogP contribution in [0.5, 0.6) is 0 Å². The van der Waals surface area contributed by atoms with E-state index in [9.17, 15) is 4.79 Å². The molecule has 0 spiro atoms. The second-order valence-electron chi connectivity index (χ2n) is 5.77. The summed E-state index contributed by atoms with van der Waals surface area (Å²) >= 11 is 0. The number of rotatable bonds is 5. The fraction of sp³-hybridized carbons (Fsp3) is 0.688. The average Bonchev–Trinajstić information content (AvgIpc) is 2.97. The predicted octanol–water partition coefficient (Wildman–Crippen LogP) is 3.69. The van der Waals surface area contributed by atoms with Crippen LogP contribution < -0.4 is 5.32 Å². The van der Waals surface area contributed by atoms with Gasteiger partial charge in [-0.1, -0.05) is 19.3 Å². The third-order valence-electron chi connectivity index (χ3n) is 4.31. The minimum absolute atomic E-state index is 0.102. The van der Waals surface area contributed by atoms with Gasteiger partial charge in [0.25, 0.3) is 0 Å². The van der Waals surface area contributed by atoms with Gasteiger partial charge < -0.3 is 14.5 Å². The van der Waals surface area contributed by atoms with Crippen molar-refractivity contribution in [3.63, 3.8) is 0 Å². The van der Waals surface area contributed by atoms with E-state index in [0.717, 1.165) is 11.7 Å². The molecule has 0 aliphatic heterocycles. The van der Waals surface area contributed by atoms with Crippen molar-refractivity contribution in [2.24, 2.45) is 5.92 Å². The normalized spacial score (nSPS) is 19.6. The number of hydrogen-bond acceptors (Lipinski definition) is 4. The Bertz CT molecular complexity index is 435. The Morgan fingerprint density at radius 1 is 1.30 bits per heavy atom. The Morgan fingerprint density at radius 2 is 2.00 bits per heavy atom. The lowest BCUT2D eigenvalue weighted by atomic mass is 9.84. The SMILES string of the molecule is COC(=O)c1ccc(C(C)N[C@H](C)C2CCCCC2)o1. The third kappa shape index (κ3) is 3.63. The lowest BCUT2D eigenvalue weighted by Crippen LogP contribution is -2.36. The van der Waals surface area contributed by atoms with Crippen molar-refractivity contribution in [3.8, 4) is 0 Å². The van der Waals surface area contributed by atoms with E-state index in [2.05, 4.69) is 23.9 Å². The van der Waals surface area contributed by atoms with Crippen molar-refractivity contribution in [3.05, 3.63) is 23.7 Å².